The molecule has 7 heteroatoms. The second-order valence-electron chi connectivity index (χ2n) is 4.44. The number of carboxylic acid groups (broad SMARTS) is 1. The quantitative estimate of drug-likeness (QED) is 0.723. The first kappa shape index (κ1) is 13.6. The summed E-state index contributed by atoms with van der Waals surface area (Å²) in [6.07, 6.45) is 0. The fourth-order valence-corrected chi connectivity index (χ4v) is 2.74. The second kappa shape index (κ2) is 5.19. The predicted molar refractivity (Wildman–Crippen MR) is 79.5 cm³/mol. The van der Waals surface area contributed by atoms with Crippen molar-refractivity contribution in [2.24, 2.45) is 0 Å². The Bertz CT molecular complexity index is 857. The van der Waals surface area contributed by atoms with Gasteiger partial charge in [0, 0.05) is 10.8 Å². The SMILES string of the molecule is O=C(O)CN(c1ccc2oc3ccccc3c2c1)S(=O)O. The number of furan rings is 1. The first-order valence-corrected chi connectivity index (χ1v) is 7.14. The van der Waals surface area contributed by atoms with Crippen LogP contribution in [0.15, 0.2) is 46.9 Å². The summed E-state index contributed by atoms with van der Waals surface area (Å²) in [6, 6.07) is 12.3. The molecule has 1 aromatic heterocycles. The molecule has 1 atom stereocenters. The minimum Gasteiger partial charge on any atom is -0.480 e. The zero-order valence-electron chi connectivity index (χ0n) is 10.7. The number of anilines is 1. The third-order valence-corrected chi connectivity index (χ3v) is 3.83. The maximum atomic E-state index is 11.3. The molecule has 3 aromatic rings. The number of rotatable bonds is 4. The predicted octanol–water partition coefficient (Wildman–Crippen LogP) is 2.61. The van der Waals surface area contributed by atoms with E-state index in [1.165, 1.54) is 0 Å². The van der Waals surface area contributed by atoms with Gasteiger partial charge >= 0.3 is 5.97 Å². The molecule has 0 fully saturated rings. The monoisotopic (exact) mass is 305 g/mol. The van der Waals surface area contributed by atoms with Crippen LogP contribution in [0.3, 0.4) is 0 Å². The van der Waals surface area contributed by atoms with E-state index < -0.39 is 23.8 Å². The summed E-state index contributed by atoms with van der Waals surface area (Å²) >= 11 is -2.42. The van der Waals surface area contributed by atoms with Crippen LogP contribution < -0.4 is 4.31 Å². The molecule has 2 N–H and O–H groups in total. The molecule has 0 radical (unpaired) electrons. The molecule has 0 spiro atoms. The number of aliphatic carboxylic acids is 1. The van der Waals surface area contributed by atoms with Crippen molar-refractivity contribution in [2.75, 3.05) is 10.8 Å². The zero-order chi connectivity index (χ0) is 15.0. The van der Waals surface area contributed by atoms with E-state index in [1.54, 1.807) is 18.2 Å². The number of benzene rings is 2. The van der Waals surface area contributed by atoms with Crippen molar-refractivity contribution in [3.63, 3.8) is 0 Å². The highest BCUT2D eigenvalue weighted by atomic mass is 32.2. The molecule has 0 aliphatic rings. The van der Waals surface area contributed by atoms with E-state index in [9.17, 15) is 13.6 Å². The Hall–Kier alpha value is -2.38. The molecule has 2 aromatic carbocycles. The molecule has 0 aliphatic carbocycles. The van der Waals surface area contributed by atoms with Crippen LogP contribution in [0, 0.1) is 0 Å². The lowest BCUT2D eigenvalue weighted by Gasteiger charge is -2.17. The van der Waals surface area contributed by atoms with Crippen LogP contribution in [-0.4, -0.2) is 26.4 Å². The highest BCUT2D eigenvalue weighted by Crippen LogP contribution is 2.31. The van der Waals surface area contributed by atoms with Gasteiger partial charge in [0.1, 0.15) is 17.7 Å². The maximum Gasteiger partial charge on any atom is 0.324 e. The molecule has 1 unspecified atom stereocenters. The summed E-state index contributed by atoms with van der Waals surface area (Å²) in [4.78, 5) is 10.8. The van der Waals surface area contributed by atoms with Crippen molar-refractivity contribution in [3.05, 3.63) is 42.5 Å². The van der Waals surface area contributed by atoms with Crippen LogP contribution in [0.5, 0.6) is 0 Å². The molecule has 3 rings (SSSR count). The zero-order valence-corrected chi connectivity index (χ0v) is 11.5. The molecular weight excluding hydrogens is 294 g/mol. The Kier molecular flexibility index (Phi) is 3.36. The molecule has 0 amide bonds. The van der Waals surface area contributed by atoms with Gasteiger partial charge in [0.25, 0.3) is 11.3 Å². The average molecular weight is 305 g/mol. The minimum absolute atomic E-state index is 0.345. The Balaban J connectivity index is 2.16. The van der Waals surface area contributed by atoms with Crippen LogP contribution in [-0.2, 0) is 16.1 Å². The Morgan fingerprint density at radius 3 is 2.57 bits per heavy atom. The molecule has 6 nitrogen and oxygen atoms in total. The van der Waals surface area contributed by atoms with Crippen molar-refractivity contribution >= 4 is 44.9 Å². The fourth-order valence-electron chi connectivity index (χ4n) is 2.23. The molecule has 0 saturated carbocycles. The van der Waals surface area contributed by atoms with Crippen molar-refractivity contribution in [3.8, 4) is 0 Å². The third-order valence-electron chi connectivity index (χ3n) is 3.12. The van der Waals surface area contributed by atoms with E-state index in [2.05, 4.69) is 0 Å². The van der Waals surface area contributed by atoms with Crippen molar-refractivity contribution in [1.29, 1.82) is 0 Å². The number of nitrogens with zero attached hydrogens (tertiary/aromatic N) is 1. The smallest absolute Gasteiger partial charge is 0.324 e. The van der Waals surface area contributed by atoms with Gasteiger partial charge in [-0.05, 0) is 24.3 Å². The van der Waals surface area contributed by atoms with Crippen LogP contribution in [0.4, 0.5) is 5.69 Å². The lowest BCUT2D eigenvalue weighted by Crippen LogP contribution is -2.31. The molecule has 0 aliphatic heterocycles. The van der Waals surface area contributed by atoms with E-state index in [1.807, 2.05) is 24.3 Å². The van der Waals surface area contributed by atoms with E-state index in [0.717, 1.165) is 15.1 Å². The summed E-state index contributed by atoms with van der Waals surface area (Å²) in [5, 5.41) is 10.5. The lowest BCUT2D eigenvalue weighted by atomic mass is 10.1. The second-order valence-corrected chi connectivity index (χ2v) is 5.34. The number of carboxylic acids is 1. The van der Waals surface area contributed by atoms with Gasteiger partial charge in [-0.2, -0.15) is 0 Å². The largest absolute Gasteiger partial charge is 0.480 e. The first-order chi connectivity index (χ1) is 10.1. The lowest BCUT2D eigenvalue weighted by molar-refractivity contribution is -0.135. The van der Waals surface area contributed by atoms with Crippen molar-refractivity contribution < 1.29 is 23.1 Å². The molecule has 108 valence electrons. The van der Waals surface area contributed by atoms with Gasteiger partial charge < -0.3 is 9.52 Å². The first-order valence-electron chi connectivity index (χ1n) is 6.08. The normalized spacial score (nSPS) is 12.6. The molecular formula is C14H11NO5S. The number of para-hydroxylation sites is 1. The number of fused-ring (bicyclic) bond motifs is 3. The molecule has 0 saturated heterocycles. The van der Waals surface area contributed by atoms with Crippen LogP contribution >= 0.6 is 0 Å². The molecule has 1 heterocycles. The van der Waals surface area contributed by atoms with E-state index in [-0.39, 0.29) is 0 Å². The van der Waals surface area contributed by atoms with Crippen LogP contribution in [0.2, 0.25) is 0 Å². The Morgan fingerprint density at radius 1 is 1.14 bits per heavy atom. The van der Waals surface area contributed by atoms with Gasteiger partial charge in [0.15, 0.2) is 0 Å². The average Bonchev–Trinajstić information content (AvgIpc) is 2.82. The van der Waals surface area contributed by atoms with E-state index >= 15 is 0 Å². The van der Waals surface area contributed by atoms with Crippen LogP contribution in [0.25, 0.3) is 21.9 Å². The summed E-state index contributed by atoms with van der Waals surface area (Å²) in [6.45, 7) is -0.565. The van der Waals surface area contributed by atoms with E-state index in [0.29, 0.717) is 16.9 Å². The summed E-state index contributed by atoms with van der Waals surface area (Å²) in [5.41, 5.74) is 1.69. The summed E-state index contributed by atoms with van der Waals surface area (Å²) < 4.78 is 27.1. The Morgan fingerprint density at radius 2 is 1.86 bits per heavy atom. The minimum atomic E-state index is -2.42. The van der Waals surface area contributed by atoms with Gasteiger partial charge in [-0.1, -0.05) is 18.2 Å². The number of hydrogen-bond acceptors (Lipinski definition) is 3. The van der Waals surface area contributed by atoms with Gasteiger partial charge in [0.05, 0.1) is 5.69 Å². The van der Waals surface area contributed by atoms with E-state index in [4.69, 9.17) is 9.52 Å². The Labute approximate surface area is 122 Å². The van der Waals surface area contributed by atoms with Crippen molar-refractivity contribution in [1.82, 2.24) is 0 Å². The highest BCUT2D eigenvalue weighted by Gasteiger charge is 2.17. The molecule has 0 bridgehead atoms. The topological polar surface area (TPSA) is 91.0 Å². The fraction of sp³-hybridized carbons (Fsp3) is 0.0714. The van der Waals surface area contributed by atoms with Gasteiger partial charge in [-0.3, -0.25) is 13.7 Å². The highest BCUT2D eigenvalue weighted by molar-refractivity contribution is 7.80. The maximum absolute atomic E-state index is 11.3. The standard InChI is InChI=1S/C14H11NO5S/c16-14(17)8-15(21(18)19)9-5-6-13-11(7-9)10-3-1-2-4-12(10)20-13/h1-7H,8H2,(H,16,17)(H,18,19). The number of carbonyl (C=O) groups is 1. The number of hydrogen-bond donors (Lipinski definition) is 2. The third kappa shape index (κ3) is 2.48. The van der Waals surface area contributed by atoms with Crippen molar-refractivity contribution in [2.45, 2.75) is 0 Å². The van der Waals surface area contributed by atoms with Gasteiger partial charge in [0.2, 0.25) is 0 Å². The van der Waals surface area contributed by atoms with Crippen LogP contribution in [0.1, 0.15) is 0 Å². The summed E-state index contributed by atoms with van der Waals surface area (Å²) in [7, 11) is 0. The molecule has 21 heavy (non-hydrogen) atoms. The van der Waals surface area contributed by atoms with Gasteiger partial charge in [-0.25, -0.2) is 4.21 Å². The summed E-state index contributed by atoms with van der Waals surface area (Å²) in [5.74, 6) is -1.19. The van der Waals surface area contributed by atoms with Gasteiger partial charge in [-0.15, -0.1) is 0 Å².